The molecular weight excluding hydrogens is 468 g/mol. The molecule has 0 aliphatic rings. The topological polar surface area (TPSA) is 76.7 Å². The fraction of sp³-hybridized carbons (Fsp3) is 0.280. The molecule has 6 nitrogen and oxygen atoms in total. The normalized spacial score (nSPS) is 13.5. The number of nitrogens with one attached hydrogen (secondary N) is 2. The standard InChI is InChI=1S/C25H26F4N2O4/c1-5-20(17-8-6-7-15(2)11-17)30-23(32)12-16(3)24(33)31-21(14-34-4)18-9-10-22(19(26)13-18)35-25(27,28)29/h5-13,20-21H,1,14H2,2-4H3,(H,30,32)(H,31,33)/b16-12+. The summed E-state index contributed by atoms with van der Waals surface area (Å²) in [6.45, 7) is 6.96. The monoisotopic (exact) mass is 494 g/mol. The van der Waals surface area contributed by atoms with Gasteiger partial charge in [-0.1, -0.05) is 42.0 Å². The molecule has 2 rings (SSSR count). The third-order valence-electron chi connectivity index (χ3n) is 4.86. The fourth-order valence-corrected chi connectivity index (χ4v) is 3.20. The number of halogens is 4. The van der Waals surface area contributed by atoms with E-state index in [1.165, 1.54) is 20.1 Å². The zero-order valence-electron chi connectivity index (χ0n) is 19.4. The van der Waals surface area contributed by atoms with Gasteiger partial charge >= 0.3 is 6.36 Å². The van der Waals surface area contributed by atoms with Crippen LogP contribution in [0.4, 0.5) is 17.6 Å². The maximum Gasteiger partial charge on any atom is 0.573 e. The molecule has 0 saturated heterocycles. The zero-order chi connectivity index (χ0) is 26.2. The van der Waals surface area contributed by atoms with E-state index in [9.17, 15) is 27.2 Å². The minimum atomic E-state index is -5.05. The van der Waals surface area contributed by atoms with Gasteiger partial charge in [-0.2, -0.15) is 0 Å². The predicted molar refractivity (Wildman–Crippen MR) is 122 cm³/mol. The van der Waals surface area contributed by atoms with Crippen LogP contribution in [0.25, 0.3) is 0 Å². The number of ether oxygens (including phenoxy) is 2. The molecule has 2 N–H and O–H groups in total. The highest BCUT2D eigenvalue weighted by Gasteiger charge is 2.32. The lowest BCUT2D eigenvalue weighted by molar-refractivity contribution is -0.275. The summed E-state index contributed by atoms with van der Waals surface area (Å²) in [5.41, 5.74) is 2.03. The van der Waals surface area contributed by atoms with E-state index in [0.29, 0.717) is 0 Å². The predicted octanol–water partition coefficient (Wildman–Crippen LogP) is 4.83. The van der Waals surface area contributed by atoms with E-state index in [-0.39, 0.29) is 17.7 Å². The smallest absolute Gasteiger partial charge is 0.403 e. The van der Waals surface area contributed by atoms with Gasteiger partial charge in [-0.25, -0.2) is 4.39 Å². The first-order chi connectivity index (χ1) is 16.4. The van der Waals surface area contributed by atoms with Crippen molar-refractivity contribution in [2.24, 2.45) is 0 Å². The van der Waals surface area contributed by atoms with E-state index in [1.807, 2.05) is 31.2 Å². The van der Waals surface area contributed by atoms with Crippen LogP contribution in [0, 0.1) is 12.7 Å². The van der Waals surface area contributed by atoms with Crippen LogP contribution >= 0.6 is 0 Å². The minimum Gasteiger partial charge on any atom is -0.403 e. The lowest BCUT2D eigenvalue weighted by atomic mass is 10.0. The van der Waals surface area contributed by atoms with Crippen molar-refractivity contribution >= 4 is 11.8 Å². The van der Waals surface area contributed by atoms with Crippen molar-refractivity contribution in [3.05, 3.63) is 89.3 Å². The average Bonchev–Trinajstić information content (AvgIpc) is 2.77. The number of carbonyl (C=O) groups excluding carboxylic acids is 2. The maximum absolute atomic E-state index is 14.1. The van der Waals surface area contributed by atoms with Crippen molar-refractivity contribution in [1.29, 1.82) is 0 Å². The molecule has 0 aliphatic carbocycles. The largest absolute Gasteiger partial charge is 0.573 e. The van der Waals surface area contributed by atoms with Gasteiger partial charge in [0.1, 0.15) is 0 Å². The van der Waals surface area contributed by atoms with Crippen molar-refractivity contribution in [3.63, 3.8) is 0 Å². The summed E-state index contributed by atoms with van der Waals surface area (Å²) in [6, 6.07) is 8.92. The molecule has 10 heteroatoms. The Morgan fingerprint density at radius 1 is 1.11 bits per heavy atom. The molecule has 0 bridgehead atoms. The van der Waals surface area contributed by atoms with Crippen LogP contribution in [0.3, 0.4) is 0 Å². The Morgan fingerprint density at radius 2 is 1.83 bits per heavy atom. The number of carbonyl (C=O) groups is 2. The Morgan fingerprint density at radius 3 is 2.40 bits per heavy atom. The van der Waals surface area contributed by atoms with E-state index in [1.54, 1.807) is 6.08 Å². The third-order valence-corrected chi connectivity index (χ3v) is 4.86. The third kappa shape index (κ3) is 8.56. The molecule has 2 atom stereocenters. The second-order valence-electron chi connectivity index (χ2n) is 7.68. The average molecular weight is 494 g/mol. The highest BCUT2D eigenvalue weighted by atomic mass is 19.4. The Kier molecular flexibility index (Phi) is 9.59. The fourth-order valence-electron chi connectivity index (χ4n) is 3.20. The summed E-state index contributed by atoms with van der Waals surface area (Å²) < 4.78 is 59.9. The van der Waals surface area contributed by atoms with Crippen LogP contribution in [0.1, 0.15) is 35.7 Å². The van der Waals surface area contributed by atoms with Crippen LogP contribution in [0.5, 0.6) is 5.75 Å². The van der Waals surface area contributed by atoms with Crippen molar-refractivity contribution in [3.8, 4) is 5.75 Å². The summed E-state index contributed by atoms with van der Waals surface area (Å²) in [5, 5.41) is 5.32. The number of rotatable bonds is 10. The molecule has 0 heterocycles. The van der Waals surface area contributed by atoms with Gasteiger partial charge in [0.25, 0.3) is 0 Å². The molecule has 2 aromatic carbocycles. The van der Waals surface area contributed by atoms with Crippen molar-refractivity contribution in [2.45, 2.75) is 32.3 Å². The van der Waals surface area contributed by atoms with E-state index >= 15 is 0 Å². The number of hydrogen-bond donors (Lipinski definition) is 2. The molecule has 0 fully saturated rings. The second-order valence-corrected chi connectivity index (χ2v) is 7.68. The molecule has 35 heavy (non-hydrogen) atoms. The summed E-state index contributed by atoms with van der Waals surface area (Å²) in [7, 11) is 1.34. The highest BCUT2D eigenvalue weighted by Crippen LogP contribution is 2.28. The lowest BCUT2D eigenvalue weighted by Gasteiger charge is -2.20. The van der Waals surface area contributed by atoms with Crippen molar-refractivity contribution in [1.82, 2.24) is 10.6 Å². The van der Waals surface area contributed by atoms with Gasteiger partial charge in [-0.3, -0.25) is 9.59 Å². The van der Waals surface area contributed by atoms with Gasteiger partial charge in [0.15, 0.2) is 11.6 Å². The Hall–Kier alpha value is -3.66. The molecular formula is C25H26F4N2O4. The number of benzene rings is 2. The molecule has 0 radical (unpaired) electrons. The summed E-state index contributed by atoms with van der Waals surface area (Å²) in [4.78, 5) is 25.1. The second kappa shape index (κ2) is 12.2. The number of amides is 2. The van der Waals surface area contributed by atoms with E-state index in [4.69, 9.17) is 4.74 Å². The Bertz CT molecular complexity index is 1100. The van der Waals surface area contributed by atoms with Crippen LogP contribution in [0.2, 0.25) is 0 Å². The quantitative estimate of drug-likeness (QED) is 0.282. The van der Waals surface area contributed by atoms with Gasteiger partial charge in [0, 0.05) is 18.8 Å². The molecule has 0 aliphatic heterocycles. The number of aryl methyl sites for hydroxylation is 1. The van der Waals surface area contributed by atoms with Crippen molar-refractivity contribution < 1.29 is 36.6 Å². The van der Waals surface area contributed by atoms with E-state index in [0.717, 1.165) is 29.3 Å². The first kappa shape index (κ1) is 27.6. The summed E-state index contributed by atoms with van der Waals surface area (Å²) in [6.07, 6.45) is -2.38. The van der Waals surface area contributed by atoms with Crippen LogP contribution < -0.4 is 15.4 Å². The van der Waals surface area contributed by atoms with Crippen LogP contribution in [-0.4, -0.2) is 31.9 Å². The van der Waals surface area contributed by atoms with Gasteiger partial charge in [-0.05, 0) is 37.1 Å². The number of alkyl halides is 3. The summed E-state index contributed by atoms with van der Waals surface area (Å²) in [5.74, 6) is -3.44. The zero-order valence-corrected chi connectivity index (χ0v) is 19.4. The molecule has 188 valence electrons. The van der Waals surface area contributed by atoms with Gasteiger partial charge in [0.2, 0.25) is 11.8 Å². The van der Waals surface area contributed by atoms with Crippen molar-refractivity contribution in [2.75, 3.05) is 13.7 Å². The first-order valence-electron chi connectivity index (χ1n) is 10.5. The van der Waals surface area contributed by atoms with Crippen LogP contribution in [-0.2, 0) is 14.3 Å². The number of hydrogen-bond acceptors (Lipinski definition) is 4. The SMILES string of the molecule is C=CC(NC(=O)/C=C(\C)C(=O)NC(COC)c1ccc(OC(F)(F)F)c(F)c1)c1cccc(C)c1. The van der Waals surface area contributed by atoms with Gasteiger partial charge in [0.05, 0.1) is 18.7 Å². The molecule has 2 amide bonds. The lowest BCUT2D eigenvalue weighted by Crippen LogP contribution is -2.33. The molecule has 2 aromatic rings. The van der Waals surface area contributed by atoms with Gasteiger partial charge < -0.3 is 20.1 Å². The summed E-state index contributed by atoms with van der Waals surface area (Å²) >= 11 is 0. The molecule has 0 spiro atoms. The number of methoxy groups -OCH3 is 1. The van der Waals surface area contributed by atoms with E-state index < -0.39 is 41.8 Å². The Labute approximate surface area is 200 Å². The Balaban J connectivity index is 2.12. The molecule has 0 aromatic heterocycles. The van der Waals surface area contributed by atoms with Gasteiger partial charge in [-0.15, -0.1) is 19.8 Å². The van der Waals surface area contributed by atoms with E-state index in [2.05, 4.69) is 21.9 Å². The van der Waals surface area contributed by atoms with Crippen LogP contribution in [0.15, 0.2) is 66.8 Å². The highest BCUT2D eigenvalue weighted by molar-refractivity contribution is 6.00. The minimum absolute atomic E-state index is 0.0492. The molecule has 0 saturated carbocycles. The first-order valence-corrected chi connectivity index (χ1v) is 10.5. The molecule has 2 unspecified atom stereocenters. The maximum atomic E-state index is 14.1.